The summed E-state index contributed by atoms with van der Waals surface area (Å²) in [4.78, 5) is 14.1. The van der Waals surface area contributed by atoms with Gasteiger partial charge in [-0.15, -0.1) is 22.9 Å². The number of nitrogens with zero attached hydrogens (tertiary/aromatic N) is 1. The zero-order valence-electron chi connectivity index (χ0n) is 8.80. The first-order valence-corrected chi connectivity index (χ1v) is 6.64. The molecule has 0 aromatic carbocycles. The predicted molar refractivity (Wildman–Crippen MR) is 65.1 cm³/mol. The van der Waals surface area contributed by atoms with E-state index in [9.17, 15) is 4.79 Å². The number of carboxylic acid groups (broad SMARTS) is 1. The molecular formula is C11H14ClNO2S. The second-order valence-electron chi connectivity index (χ2n) is 3.97. The SMILES string of the molecule is O=C(O)C1CCCN1CC(Cl)c1cccs1. The van der Waals surface area contributed by atoms with Crippen molar-refractivity contribution in [3.8, 4) is 0 Å². The molecule has 0 bridgehead atoms. The van der Waals surface area contributed by atoms with Gasteiger partial charge in [0, 0.05) is 11.4 Å². The highest BCUT2D eigenvalue weighted by molar-refractivity contribution is 7.10. The van der Waals surface area contributed by atoms with Crippen LogP contribution in [0.25, 0.3) is 0 Å². The highest BCUT2D eigenvalue weighted by atomic mass is 35.5. The third kappa shape index (κ3) is 2.56. The van der Waals surface area contributed by atoms with Gasteiger partial charge in [0.2, 0.25) is 0 Å². The number of carbonyl (C=O) groups is 1. The molecule has 1 aromatic rings. The Hall–Kier alpha value is -0.580. The first kappa shape index (κ1) is 11.9. The topological polar surface area (TPSA) is 40.5 Å². The van der Waals surface area contributed by atoms with Crippen molar-refractivity contribution in [1.29, 1.82) is 0 Å². The van der Waals surface area contributed by atoms with Crippen LogP contribution < -0.4 is 0 Å². The number of hydrogen-bond acceptors (Lipinski definition) is 3. The Balaban J connectivity index is 1.96. The van der Waals surface area contributed by atoms with E-state index in [0.29, 0.717) is 6.54 Å². The molecule has 0 aliphatic carbocycles. The van der Waals surface area contributed by atoms with Crippen molar-refractivity contribution in [2.45, 2.75) is 24.3 Å². The van der Waals surface area contributed by atoms with Gasteiger partial charge in [-0.2, -0.15) is 0 Å². The van der Waals surface area contributed by atoms with Crippen LogP contribution in [0, 0.1) is 0 Å². The van der Waals surface area contributed by atoms with E-state index in [4.69, 9.17) is 16.7 Å². The normalized spacial score (nSPS) is 23.4. The minimum atomic E-state index is -0.729. The Labute approximate surface area is 104 Å². The van der Waals surface area contributed by atoms with Crippen LogP contribution >= 0.6 is 22.9 Å². The van der Waals surface area contributed by atoms with Gasteiger partial charge in [-0.1, -0.05) is 6.07 Å². The first-order valence-electron chi connectivity index (χ1n) is 5.33. The lowest BCUT2D eigenvalue weighted by molar-refractivity contribution is -0.142. The molecule has 2 rings (SSSR count). The quantitative estimate of drug-likeness (QED) is 0.845. The summed E-state index contributed by atoms with van der Waals surface area (Å²) in [7, 11) is 0. The molecule has 2 unspecified atom stereocenters. The van der Waals surface area contributed by atoms with E-state index >= 15 is 0 Å². The van der Waals surface area contributed by atoms with Crippen LogP contribution in [0.4, 0.5) is 0 Å². The van der Waals surface area contributed by atoms with Crippen molar-refractivity contribution in [2.24, 2.45) is 0 Å². The van der Waals surface area contributed by atoms with Crippen LogP contribution in [0.3, 0.4) is 0 Å². The van der Waals surface area contributed by atoms with Crippen molar-refractivity contribution in [3.05, 3.63) is 22.4 Å². The van der Waals surface area contributed by atoms with Crippen molar-refractivity contribution in [2.75, 3.05) is 13.1 Å². The third-order valence-electron chi connectivity index (χ3n) is 2.90. The zero-order valence-corrected chi connectivity index (χ0v) is 10.4. The van der Waals surface area contributed by atoms with E-state index in [1.165, 1.54) is 0 Å². The Morgan fingerprint density at radius 1 is 1.75 bits per heavy atom. The van der Waals surface area contributed by atoms with Crippen molar-refractivity contribution in [3.63, 3.8) is 0 Å². The van der Waals surface area contributed by atoms with Gasteiger partial charge in [0.1, 0.15) is 6.04 Å². The van der Waals surface area contributed by atoms with Crippen LogP contribution in [0.2, 0.25) is 0 Å². The summed E-state index contributed by atoms with van der Waals surface area (Å²) in [5.41, 5.74) is 0. The van der Waals surface area contributed by atoms with Crippen molar-refractivity contribution < 1.29 is 9.90 Å². The zero-order chi connectivity index (χ0) is 11.5. The Bertz CT molecular complexity index is 355. The van der Waals surface area contributed by atoms with Gasteiger partial charge in [-0.05, 0) is 30.8 Å². The van der Waals surface area contributed by atoms with E-state index in [1.807, 2.05) is 22.4 Å². The van der Waals surface area contributed by atoms with E-state index in [-0.39, 0.29) is 11.4 Å². The highest BCUT2D eigenvalue weighted by Crippen LogP contribution is 2.28. The minimum Gasteiger partial charge on any atom is -0.480 e. The molecule has 0 spiro atoms. The number of thiophene rings is 1. The Morgan fingerprint density at radius 2 is 2.56 bits per heavy atom. The Morgan fingerprint density at radius 3 is 3.19 bits per heavy atom. The second kappa shape index (κ2) is 5.17. The molecule has 2 heterocycles. The molecule has 1 aliphatic rings. The molecule has 3 nitrogen and oxygen atoms in total. The van der Waals surface area contributed by atoms with E-state index in [2.05, 4.69) is 0 Å². The van der Waals surface area contributed by atoms with Crippen molar-refractivity contribution in [1.82, 2.24) is 4.90 Å². The van der Waals surface area contributed by atoms with Crippen LogP contribution in [0.5, 0.6) is 0 Å². The van der Waals surface area contributed by atoms with Crippen LogP contribution in [-0.2, 0) is 4.79 Å². The first-order chi connectivity index (χ1) is 7.68. The van der Waals surface area contributed by atoms with Gasteiger partial charge in [0.15, 0.2) is 0 Å². The van der Waals surface area contributed by atoms with Crippen LogP contribution in [0.1, 0.15) is 23.1 Å². The molecule has 2 atom stereocenters. The fourth-order valence-electron chi connectivity index (χ4n) is 2.09. The monoisotopic (exact) mass is 259 g/mol. The number of alkyl halides is 1. The Kier molecular flexibility index (Phi) is 3.84. The van der Waals surface area contributed by atoms with E-state index in [0.717, 1.165) is 24.3 Å². The lowest BCUT2D eigenvalue weighted by atomic mass is 10.2. The number of carboxylic acids is 1. The summed E-state index contributed by atoms with van der Waals surface area (Å²) in [6, 6.07) is 3.61. The summed E-state index contributed by atoms with van der Waals surface area (Å²) >= 11 is 7.89. The number of aliphatic carboxylic acids is 1. The fraction of sp³-hybridized carbons (Fsp3) is 0.545. The van der Waals surface area contributed by atoms with Gasteiger partial charge < -0.3 is 5.11 Å². The molecule has 1 aliphatic heterocycles. The molecule has 1 fully saturated rings. The maximum absolute atomic E-state index is 11.0. The molecule has 1 saturated heterocycles. The largest absolute Gasteiger partial charge is 0.480 e. The van der Waals surface area contributed by atoms with Crippen LogP contribution in [-0.4, -0.2) is 35.1 Å². The van der Waals surface area contributed by atoms with E-state index in [1.54, 1.807) is 11.3 Å². The molecule has 0 amide bonds. The van der Waals surface area contributed by atoms with Crippen LogP contribution in [0.15, 0.2) is 17.5 Å². The molecule has 1 N–H and O–H groups in total. The summed E-state index contributed by atoms with van der Waals surface area (Å²) in [5.74, 6) is -0.729. The predicted octanol–water partition coefficient (Wildman–Crippen LogP) is 2.58. The molecule has 0 radical (unpaired) electrons. The fourth-order valence-corrected chi connectivity index (χ4v) is 3.19. The number of halogens is 1. The molecule has 1 aromatic heterocycles. The maximum atomic E-state index is 11.0. The van der Waals surface area contributed by atoms with Gasteiger partial charge in [-0.25, -0.2) is 0 Å². The molecule has 88 valence electrons. The highest BCUT2D eigenvalue weighted by Gasteiger charge is 2.31. The lowest BCUT2D eigenvalue weighted by Gasteiger charge is -2.23. The molecular weight excluding hydrogens is 246 g/mol. The van der Waals surface area contributed by atoms with Crippen molar-refractivity contribution >= 4 is 28.9 Å². The third-order valence-corrected chi connectivity index (χ3v) is 4.38. The van der Waals surface area contributed by atoms with Gasteiger partial charge in [0.05, 0.1) is 5.38 Å². The number of rotatable bonds is 4. The average Bonchev–Trinajstić information content (AvgIpc) is 2.86. The van der Waals surface area contributed by atoms with Gasteiger partial charge in [0.25, 0.3) is 0 Å². The number of likely N-dealkylation sites (tertiary alicyclic amines) is 1. The lowest BCUT2D eigenvalue weighted by Crippen LogP contribution is -2.37. The summed E-state index contributed by atoms with van der Waals surface area (Å²) in [6.07, 6.45) is 1.69. The molecule has 5 heteroatoms. The minimum absolute atomic E-state index is 0.0973. The van der Waals surface area contributed by atoms with E-state index < -0.39 is 5.97 Å². The molecule has 0 saturated carbocycles. The summed E-state index contributed by atoms with van der Waals surface area (Å²) in [5, 5.41) is 10.9. The standard InChI is InChI=1S/C11H14ClNO2S/c12-8(10-4-2-6-16-10)7-13-5-1-3-9(13)11(14)15/h2,4,6,8-9H,1,3,5,7H2,(H,14,15). The van der Waals surface area contributed by atoms with Gasteiger partial charge >= 0.3 is 5.97 Å². The second-order valence-corrected chi connectivity index (χ2v) is 5.48. The summed E-state index contributed by atoms with van der Waals surface area (Å²) < 4.78 is 0. The smallest absolute Gasteiger partial charge is 0.320 e. The average molecular weight is 260 g/mol. The van der Waals surface area contributed by atoms with Gasteiger partial charge in [-0.3, -0.25) is 9.69 Å². The molecule has 16 heavy (non-hydrogen) atoms. The number of hydrogen-bond donors (Lipinski definition) is 1. The summed E-state index contributed by atoms with van der Waals surface area (Å²) in [6.45, 7) is 1.46. The maximum Gasteiger partial charge on any atom is 0.320 e.